The molecule has 1 aromatic heterocycles. The quantitative estimate of drug-likeness (QED) is 0.892. The zero-order valence-electron chi connectivity index (χ0n) is 10.7. The summed E-state index contributed by atoms with van der Waals surface area (Å²) in [6, 6.07) is 2.76. The number of Topliss-reactive ketones (excluding diaryl/α,β-unsaturated/α-hetero) is 1. The van der Waals surface area contributed by atoms with Gasteiger partial charge in [-0.2, -0.15) is 0 Å². The van der Waals surface area contributed by atoms with Crippen molar-refractivity contribution in [2.24, 2.45) is 5.92 Å². The van der Waals surface area contributed by atoms with E-state index in [0.29, 0.717) is 19.3 Å². The number of sulfone groups is 1. The third kappa shape index (κ3) is 2.87. The summed E-state index contributed by atoms with van der Waals surface area (Å²) in [7, 11) is -4.04. The van der Waals surface area contributed by atoms with Crippen LogP contribution in [-0.2, 0) is 19.4 Å². The van der Waals surface area contributed by atoms with E-state index >= 15 is 0 Å². The molecule has 0 spiro atoms. The van der Waals surface area contributed by atoms with Crippen LogP contribution in [0.2, 0.25) is 0 Å². The van der Waals surface area contributed by atoms with Gasteiger partial charge in [-0.05, 0) is 30.9 Å². The van der Waals surface area contributed by atoms with Gasteiger partial charge in [-0.3, -0.25) is 14.6 Å². The molecule has 0 amide bonds. The SMILES string of the molecule is O=C1CCCC(C(C(=O)O)S(=O)(=O)c2cccnc2)C1. The van der Waals surface area contributed by atoms with Crippen molar-refractivity contribution in [3.63, 3.8) is 0 Å². The number of carbonyl (C=O) groups excluding carboxylic acids is 1. The third-order valence-corrected chi connectivity index (χ3v) is 5.64. The van der Waals surface area contributed by atoms with Crippen LogP contribution in [0.4, 0.5) is 0 Å². The summed E-state index contributed by atoms with van der Waals surface area (Å²) in [4.78, 5) is 26.5. The summed E-state index contributed by atoms with van der Waals surface area (Å²) < 4.78 is 24.9. The molecule has 2 unspecified atom stereocenters. The van der Waals surface area contributed by atoms with Crippen molar-refractivity contribution in [3.05, 3.63) is 24.5 Å². The molecule has 1 heterocycles. The zero-order chi connectivity index (χ0) is 14.8. The van der Waals surface area contributed by atoms with Crippen LogP contribution in [0.25, 0.3) is 0 Å². The van der Waals surface area contributed by atoms with Crippen LogP contribution in [-0.4, -0.2) is 35.5 Å². The number of pyridine rings is 1. The van der Waals surface area contributed by atoms with Gasteiger partial charge in [-0.15, -0.1) is 0 Å². The second kappa shape index (κ2) is 5.70. The number of ketones is 1. The van der Waals surface area contributed by atoms with E-state index in [1.807, 2.05) is 0 Å². The molecule has 1 N–H and O–H groups in total. The first kappa shape index (κ1) is 14.6. The molecule has 2 atom stereocenters. The maximum absolute atomic E-state index is 12.4. The first-order chi connectivity index (χ1) is 9.43. The lowest BCUT2D eigenvalue weighted by Gasteiger charge is -2.26. The zero-order valence-corrected chi connectivity index (χ0v) is 11.5. The molecule has 1 aromatic rings. The minimum atomic E-state index is -4.04. The lowest BCUT2D eigenvalue weighted by atomic mass is 9.86. The Hall–Kier alpha value is -1.76. The number of carbonyl (C=O) groups is 2. The number of carboxylic acids is 1. The monoisotopic (exact) mass is 297 g/mol. The number of aliphatic carboxylic acids is 1. The largest absolute Gasteiger partial charge is 0.480 e. The topological polar surface area (TPSA) is 101 Å². The number of aromatic nitrogens is 1. The van der Waals surface area contributed by atoms with Crippen LogP contribution in [0.3, 0.4) is 0 Å². The molecule has 7 heteroatoms. The van der Waals surface area contributed by atoms with Gasteiger partial charge in [-0.1, -0.05) is 0 Å². The molecular weight excluding hydrogens is 282 g/mol. The fourth-order valence-electron chi connectivity index (χ4n) is 2.57. The van der Waals surface area contributed by atoms with Gasteiger partial charge in [0.1, 0.15) is 5.78 Å². The second-order valence-electron chi connectivity index (χ2n) is 4.89. The maximum atomic E-state index is 12.4. The minimum Gasteiger partial charge on any atom is -0.480 e. The van der Waals surface area contributed by atoms with Crippen molar-refractivity contribution in [2.75, 3.05) is 0 Å². The van der Waals surface area contributed by atoms with Crippen molar-refractivity contribution < 1.29 is 23.1 Å². The Balaban J connectivity index is 2.38. The van der Waals surface area contributed by atoms with E-state index < -0.39 is 27.0 Å². The summed E-state index contributed by atoms with van der Waals surface area (Å²) in [5.74, 6) is -2.15. The van der Waals surface area contributed by atoms with Crippen molar-refractivity contribution in [1.82, 2.24) is 4.98 Å². The summed E-state index contributed by atoms with van der Waals surface area (Å²) >= 11 is 0. The van der Waals surface area contributed by atoms with Crippen LogP contribution in [0, 0.1) is 5.92 Å². The highest BCUT2D eigenvalue weighted by molar-refractivity contribution is 7.92. The van der Waals surface area contributed by atoms with Gasteiger partial charge in [0.2, 0.25) is 0 Å². The van der Waals surface area contributed by atoms with E-state index in [9.17, 15) is 23.1 Å². The Morgan fingerprint density at radius 2 is 2.20 bits per heavy atom. The van der Waals surface area contributed by atoms with E-state index in [-0.39, 0.29) is 17.1 Å². The van der Waals surface area contributed by atoms with Crippen molar-refractivity contribution in [3.8, 4) is 0 Å². The van der Waals surface area contributed by atoms with E-state index in [0.717, 1.165) is 6.20 Å². The second-order valence-corrected chi connectivity index (χ2v) is 6.96. The van der Waals surface area contributed by atoms with Gasteiger partial charge >= 0.3 is 5.97 Å². The fraction of sp³-hybridized carbons (Fsp3) is 0.462. The number of hydrogen-bond acceptors (Lipinski definition) is 5. The van der Waals surface area contributed by atoms with E-state index in [4.69, 9.17) is 0 Å². The molecule has 0 aliphatic heterocycles. The van der Waals surface area contributed by atoms with Gasteiger partial charge in [-0.25, -0.2) is 8.42 Å². The molecule has 1 aliphatic carbocycles. The fourth-order valence-corrected chi connectivity index (χ4v) is 4.34. The Labute approximate surface area is 116 Å². The number of nitrogens with zero attached hydrogens (tertiary/aromatic N) is 1. The minimum absolute atomic E-state index is 0.0104. The van der Waals surface area contributed by atoms with Crippen LogP contribution in [0.15, 0.2) is 29.4 Å². The first-order valence-corrected chi connectivity index (χ1v) is 7.86. The molecule has 2 rings (SSSR count). The van der Waals surface area contributed by atoms with Crippen molar-refractivity contribution in [1.29, 1.82) is 0 Å². The molecule has 1 fully saturated rings. The Bertz CT molecular complexity index is 611. The highest BCUT2D eigenvalue weighted by atomic mass is 32.2. The van der Waals surface area contributed by atoms with Gasteiger partial charge in [0.25, 0.3) is 0 Å². The third-order valence-electron chi connectivity index (χ3n) is 3.49. The molecule has 0 aromatic carbocycles. The molecule has 1 saturated carbocycles. The maximum Gasteiger partial charge on any atom is 0.322 e. The van der Waals surface area contributed by atoms with Gasteiger partial charge < -0.3 is 5.11 Å². The molecule has 20 heavy (non-hydrogen) atoms. The average molecular weight is 297 g/mol. The highest BCUT2D eigenvalue weighted by Crippen LogP contribution is 2.31. The van der Waals surface area contributed by atoms with Gasteiger partial charge in [0, 0.05) is 25.2 Å². The smallest absolute Gasteiger partial charge is 0.322 e. The molecule has 0 radical (unpaired) electrons. The summed E-state index contributed by atoms with van der Waals surface area (Å²) in [6.07, 6.45) is 3.93. The van der Waals surface area contributed by atoms with E-state index in [1.165, 1.54) is 18.3 Å². The lowest BCUT2D eigenvalue weighted by Crippen LogP contribution is -2.39. The highest BCUT2D eigenvalue weighted by Gasteiger charge is 2.42. The summed E-state index contributed by atoms with van der Waals surface area (Å²) in [5.41, 5.74) is 0. The van der Waals surface area contributed by atoms with E-state index in [2.05, 4.69) is 4.98 Å². The summed E-state index contributed by atoms with van der Waals surface area (Å²) in [5, 5.41) is 7.71. The lowest BCUT2D eigenvalue weighted by molar-refractivity contribution is -0.138. The van der Waals surface area contributed by atoms with Crippen LogP contribution >= 0.6 is 0 Å². The summed E-state index contributed by atoms with van der Waals surface area (Å²) in [6.45, 7) is 0. The predicted octanol–water partition coefficient (Wildman–Crippen LogP) is 1.07. The normalized spacial score (nSPS) is 21.4. The molecule has 1 aliphatic rings. The average Bonchev–Trinajstić information content (AvgIpc) is 2.39. The van der Waals surface area contributed by atoms with Gasteiger partial charge in [0.15, 0.2) is 15.1 Å². The molecule has 0 saturated heterocycles. The van der Waals surface area contributed by atoms with E-state index in [1.54, 1.807) is 0 Å². The number of rotatable bonds is 4. The van der Waals surface area contributed by atoms with Crippen LogP contribution in [0.5, 0.6) is 0 Å². The standard InChI is InChI=1S/C13H15NO5S/c15-10-4-1-3-9(7-10)12(13(16)17)20(18,19)11-5-2-6-14-8-11/h2,5-6,8-9,12H,1,3-4,7H2,(H,16,17). The molecule has 6 nitrogen and oxygen atoms in total. The molecular formula is C13H15NO5S. The predicted molar refractivity (Wildman–Crippen MR) is 69.8 cm³/mol. The Morgan fingerprint density at radius 1 is 1.45 bits per heavy atom. The Morgan fingerprint density at radius 3 is 2.75 bits per heavy atom. The van der Waals surface area contributed by atoms with Crippen LogP contribution < -0.4 is 0 Å². The Kier molecular flexibility index (Phi) is 4.17. The number of carboxylic acid groups (broad SMARTS) is 1. The molecule has 108 valence electrons. The molecule has 0 bridgehead atoms. The van der Waals surface area contributed by atoms with Crippen LogP contribution in [0.1, 0.15) is 25.7 Å². The van der Waals surface area contributed by atoms with Gasteiger partial charge in [0.05, 0.1) is 4.90 Å². The first-order valence-electron chi connectivity index (χ1n) is 6.31. The van der Waals surface area contributed by atoms with Crippen molar-refractivity contribution in [2.45, 2.75) is 35.8 Å². The van der Waals surface area contributed by atoms with Crippen molar-refractivity contribution >= 4 is 21.6 Å². The number of hydrogen-bond donors (Lipinski definition) is 1.